The molecule has 1 atom stereocenters. The van der Waals surface area contributed by atoms with E-state index in [1.807, 2.05) is 19.1 Å². The molecule has 2 rings (SSSR count). The molecule has 1 aliphatic heterocycles. The molecule has 0 radical (unpaired) electrons. The first kappa shape index (κ1) is 13.8. The zero-order valence-electron chi connectivity index (χ0n) is 11.6. The lowest BCUT2D eigenvalue weighted by Gasteiger charge is -2.35. The van der Waals surface area contributed by atoms with Crippen molar-refractivity contribution in [1.29, 1.82) is 0 Å². The number of carbonyl (C=O) groups is 1. The third-order valence-corrected chi connectivity index (χ3v) is 3.64. The van der Waals surface area contributed by atoms with E-state index in [0.717, 1.165) is 31.9 Å². The Kier molecular flexibility index (Phi) is 4.39. The lowest BCUT2D eigenvalue weighted by atomic mass is 10.2. The van der Waals surface area contributed by atoms with Crippen molar-refractivity contribution < 1.29 is 4.79 Å². The third-order valence-electron chi connectivity index (χ3n) is 3.64. The number of nitrogens with zero attached hydrogens (tertiary/aromatic N) is 2. The predicted octanol–water partition coefficient (Wildman–Crippen LogP) is 0.843. The average Bonchev–Trinajstić information content (AvgIpc) is 2.41. The third kappa shape index (κ3) is 3.68. The first-order valence-corrected chi connectivity index (χ1v) is 6.65. The number of hydrogen-bond donors (Lipinski definition) is 2. The maximum atomic E-state index is 12.2. The smallest absolute Gasteiger partial charge is 0.241 e. The van der Waals surface area contributed by atoms with E-state index in [1.165, 1.54) is 0 Å². The highest BCUT2D eigenvalue weighted by Crippen LogP contribution is 2.12. The first-order chi connectivity index (χ1) is 9.06. The Labute approximate surface area is 114 Å². The highest BCUT2D eigenvalue weighted by atomic mass is 16.2. The highest BCUT2D eigenvalue weighted by Gasteiger charge is 2.24. The second-order valence-corrected chi connectivity index (χ2v) is 5.13. The molecule has 5 heteroatoms. The molecule has 1 aromatic carbocycles. The Morgan fingerprint density at radius 2 is 1.79 bits per heavy atom. The number of carbonyl (C=O) groups excluding carboxylic acids is 1. The largest absolute Gasteiger partial charge is 0.399 e. The quantitative estimate of drug-likeness (QED) is 0.793. The topological polar surface area (TPSA) is 61.6 Å². The molecule has 0 saturated carbocycles. The van der Waals surface area contributed by atoms with Crippen LogP contribution in [0, 0.1) is 0 Å². The number of rotatable bonds is 3. The molecule has 1 fully saturated rings. The Morgan fingerprint density at radius 1 is 1.21 bits per heavy atom. The summed E-state index contributed by atoms with van der Waals surface area (Å²) in [4.78, 5) is 16.7. The summed E-state index contributed by atoms with van der Waals surface area (Å²) >= 11 is 0. The molecule has 5 nitrogen and oxygen atoms in total. The van der Waals surface area contributed by atoms with Crippen molar-refractivity contribution in [1.82, 2.24) is 9.80 Å². The molecule has 1 unspecified atom stereocenters. The molecule has 0 aliphatic carbocycles. The van der Waals surface area contributed by atoms with Crippen molar-refractivity contribution >= 4 is 17.3 Å². The van der Waals surface area contributed by atoms with Gasteiger partial charge in [-0.05, 0) is 38.2 Å². The molecular formula is C14H22N4O. The van der Waals surface area contributed by atoms with Gasteiger partial charge >= 0.3 is 0 Å². The molecule has 19 heavy (non-hydrogen) atoms. The van der Waals surface area contributed by atoms with Crippen molar-refractivity contribution in [2.24, 2.45) is 0 Å². The van der Waals surface area contributed by atoms with Gasteiger partial charge in [-0.25, -0.2) is 0 Å². The van der Waals surface area contributed by atoms with E-state index >= 15 is 0 Å². The van der Waals surface area contributed by atoms with Gasteiger partial charge in [-0.3, -0.25) is 9.69 Å². The number of hydrogen-bond acceptors (Lipinski definition) is 4. The molecule has 0 bridgehead atoms. The normalized spacial score (nSPS) is 19.1. The van der Waals surface area contributed by atoms with E-state index in [2.05, 4.69) is 22.2 Å². The summed E-state index contributed by atoms with van der Waals surface area (Å²) in [6, 6.07) is 7.12. The van der Waals surface area contributed by atoms with Crippen LogP contribution in [-0.2, 0) is 4.79 Å². The summed E-state index contributed by atoms with van der Waals surface area (Å²) in [7, 11) is 2.11. The summed E-state index contributed by atoms with van der Waals surface area (Å²) in [6.45, 7) is 5.86. The van der Waals surface area contributed by atoms with Crippen LogP contribution in [0.4, 0.5) is 11.4 Å². The van der Waals surface area contributed by atoms with Gasteiger partial charge < -0.3 is 16.0 Å². The van der Waals surface area contributed by atoms with Gasteiger partial charge in [-0.1, -0.05) is 0 Å². The van der Waals surface area contributed by atoms with Crippen LogP contribution >= 0.6 is 0 Å². The Hall–Kier alpha value is -1.59. The van der Waals surface area contributed by atoms with E-state index in [9.17, 15) is 4.79 Å². The van der Waals surface area contributed by atoms with Crippen molar-refractivity contribution in [2.45, 2.75) is 13.0 Å². The Balaban J connectivity index is 1.90. The SMILES string of the molecule is CC(C(=O)Nc1ccc(N)cc1)N1CCN(C)CC1. The molecule has 104 valence electrons. The van der Waals surface area contributed by atoms with Crippen LogP contribution in [0.15, 0.2) is 24.3 Å². The van der Waals surface area contributed by atoms with Crippen LogP contribution in [0.3, 0.4) is 0 Å². The van der Waals surface area contributed by atoms with Crippen LogP contribution in [-0.4, -0.2) is 55.0 Å². The van der Waals surface area contributed by atoms with E-state index < -0.39 is 0 Å². The lowest BCUT2D eigenvalue weighted by molar-refractivity contribution is -0.121. The predicted molar refractivity (Wildman–Crippen MR) is 78.0 cm³/mol. The second kappa shape index (κ2) is 6.04. The van der Waals surface area contributed by atoms with Crippen molar-refractivity contribution in [3.63, 3.8) is 0 Å². The summed E-state index contributed by atoms with van der Waals surface area (Å²) in [5, 5.41) is 2.93. The number of likely N-dealkylation sites (N-methyl/N-ethyl adjacent to an activating group) is 1. The number of amides is 1. The van der Waals surface area contributed by atoms with E-state index in [0.29, 0.717) is 5.69 Å². The van der Waals surface area contributed by atoms with E-state index in [4.69, 9.17) is 5.73 Å². The fourth-order valence-electron chi connectivity index (χ4n) is 2.19. The van der Waals surface area contributed by atoms with Crippen LogP contribution in [0.5, 0.6) is 0 Å². The molecule has 0 spiro atoms. The Bertz CT molecular complexity index is 424. The molecule has 0 aromatic heterocycles. The van der Waals surface area contributed by atoms with Gasteiger partial charge in [0.25, 0.3) is 0 Å². The standard InChI is InChI=1S/C14H22N4O/c1-11(18-9-7-17(2)8-10-18)14(19)16-13-5-3-12(15)4-6-13/h3-6,11H,7-10,15H2,1-2H3,(H,16,19). The molecule has 1 heterocycles. The van der Waals surface area contributed by atoms with Crippen molar-refractivity contribution in [3.8, 4) is 0 Å². The minimum atomic E-state index is -0.105. The van der Waals surface area contributed by atoms with Gasteiger partial charge in [0.1, 0.15) is 0 Å². The Morgan fingerprint density at radius 3 is 2.37 bits per heavy atom. The number of anilines is 2. The number of nitrogen functional groups attached to an aromatic ring is 1. The number of benzene rings is 1. The van der Waals surface area contributed by atoms with Crippen molar-refractivity contribution in [3.05, 3.63) is 24.3 Å². The minimum absolute atomic E-state index is 0.0364. The summed E-state index contributed by atoms with van der Waals surface area (Å²) < 4.78 is 0. The summed E-state index contributed by atoms with van der Waals surface area (Å²) in [5.74, 6) is 0.0364. The van der Waals surface area contributed by atoms with Gasteiger partial charge in [0.15, 0.2) is 0 Å². The monoisotopic (exact) mass is 262 g/mol. The maximum absolute atomic E-state index is 12.2. The van der Waals surface area contributed by atoms with Gasteiger partial charge in [0.05, 0.1) is 6.04 Å². The van der Waals surface area contributed by atoms with E-state index in [-0.39, 0.29) is 11.9 Å². The molecular weight excluding hydrogens is 240 g/mol. The molecule has 3 N–H and O–H groups in total. The van der Waals surface area contributed by atoms with Crippen LogP contribution in [0.25, 0.3) is 0 Å². The maximum Gasteiger partial charge on any atom is 0.241 e. The fraction of sp³-hybridized carbons (Fsp3) is 0.500. The minimum Gasteiger partial charge on any atom is -0.399 e. The van der Waals surface area contributed by atoms with Crippen molar-refractivity contribution in [2.75, 3.05) is 44.3 Å². The van der Waals surface area contributed by atoms with Crippen LogP contribution in [0.2, 0.25) is 0 Å². The second-order valence-electron chi connectivity index (χ2n) is 5.13. The van der Waals surface area contributed by atoms with Gasteiger partial charge in [0.2, 0.25) is 5.91 Å². The molecule has 1 aliphatic rings. The zero-order valence-corrected chi connectivity index (χ0v) is 11.6. The van der Waals surface area contributed by atoms with Gasteiger partial charge in [-0.2, -0.15) is 0 Å². The van der Waals surface area contributed by atoms with Crippen LogP contribution in [0.1, 0.15) is 6.92 Å². The highest BCUT2D eigenvalue weighted by molar-refractivity contribution is 5.94. The number of nitrogens with one attached hydrogen (secondary N) is 1. The molecule has 1 amide bonds. The average molecular weight is 262 g/mol. The van der Waals surface area contributed by atoms with Gasteiger partial charge in [0, 0.05) is 37.6 Å². The van der Waals surface area contributed by atoms with Crippen LogP contribution < -0.4 is 11.1 Å². The fourth-order valence-corrected chi connectivity index (χ4v) is 2.19. The van der Waals surface area contributed by atoms with Gasteiger partial charge in [-0.15, -0.1) is 0 Å². The summed E-state index contributed by atoms with van der Waals surface area (Å²) in [6.07, 6.45) is 0. The van der Waals surface area contributed by atoms with E-state index in [1.54, 1.807) is 12.1 Å². The molecule has 1 aromatic rings. The zero-order chi connectivity index (χ0) is 13.8. The lowest BCUT2D eigenvalue weighted by Crippen LogP contribution is -2.51. The summed E-state index contributed by atoms with van der Waals surface area (Å²) in [5.41, 5.74) is 7.11. The first-order valence-electron chi connectivity index (χ1n) is 6.65. The molecule has 1 saturated heterocycles. The number of nitrogens with two attached hydrogens (primary N) is 1. The number of piperazine rings is 1.